The maximum Gasteiger partial charge on any atom is 0.226 e. The van der Waals surface area contributed by atoms with Crippen LogP contribution in [0.3, 0.4) is 0 Å². The summed E-state index contributed by atoms with van der Waals surface area (Å²) in [5, 5.41) is 2.99. The monoisotopic (exact) mass is 358 g/mol. The number of hydrogen-bond donors (Lipinski definition) is 1. The average Bonchev–Trinajstić information content (AvgIpc) is 3.37. The first-order chi connectivity index (χ1) is 12.7. The maximum absolute atomic E-state index is 12.8. The second-order valence-electron chi connectivity index (χ2n) is 6.45. The summed E-state index contributed by atoms with van der Waals surface area (Å²) in [5.74, 6) is 0.333. The number of aryl methyl sites for hydroxylation is 2. The van der Waals surface area contributed by atoms with Crippen molar-refractivity contribution in [1.82, 2.24) is 29.3 Å². The third-order valence-electron chi connectivity index (χ3n) is 4.91. The normalized spacial score (nSPS) is 19.9. The molecule has 2 atom stereocenters. The van der Waals surface area contributed by atoms with Gasteiger partial charge in [-0.3, -0.25) is 9.59 Å². The van der Waals surface area contributed by atoms with E-state index in [1.807, 2.05) is 35.4 Å². The molecule has 2 aromatic rings. The van der Waals surface area contributed by atoms with E-state index in [1.54, 1.807) is 23.6 Å². The van der Waals surface area contributed by atoms with Crippen LogP contribution >= 0.6 is 0 Å². The van der Waals surface area contributed by atoms with E-state index in [0.717, 1.165) is 25.3 Å². The molecule has 8 heteroatoms. The van der Waals surface area contributed by atoms with Gasteiger partial charge in [0.2, 0.25) is 11.8 Å². The standard InChI is InChI=1S/C18H26N6O2/c1-3-23-11-8-20-17(23)16-14(12-15(25)24(16)4-2)18(26)21-6-5-9-22-10-7-19-13-22/h7-8,10-11,13-14,16H,3-6,9,12H2,1-2H3,(H,21,26)/t14-,16-/m0/s1. The van der Waals surface area contributed by atoms with Crippen LogP contribution in [0.15, 0.2) is 31.1 Å². The highest BCUT2D eigenvalue weighted by Crippen LogP contribution is 2.37. The van der Waals surface area contributed by atoms with Crippen molar-refractivity contribution >= 4 is 11.8 Å². The largest absolute Gasteiger partial charge is 0.356 e. The van der Waals surface area contributed by atoms with Gasteiger partial charge in [0.15, 0.2) is 0 Å². The highest BCUT2D eigenvalue weighted by atomic mass is 16.2. The van der Waals surface area contributed by atoms with Crippen LogP contribution in [0, 0.1) is 5.92 Å². The van der Waals surface area contributed by atoms with Crippen LogP contribution in [0.5, 0.6) is 0 Å². The van der Waals surface area contributed by atoms with Crippen molar-refractivity contribution in [3.05, 3.63) is 36.9 Å². The molecule has 1 saturated heterocycles. The number of amides is 2. The fraction of sp³-hybridized carbons (Fsp3) is 0.556. The Morgan fingerprint density at radius 3 is 2.81 bits per heavy atom. The highest BCUT2D eigenvalue weighted by Gasteiger charge is 2.45. The van der Waals surface area contributed by atoms with Gasteiger partial charge in [-0.1, -0.05) is 0 Å². The zero-order chi connectivity index (χ0) is 18.5. The zero-order valence-corrected chi connectivity index (χ0v) is 15.3. The minimum absolute atomic E-state index is 0.0155. The maximum atomic E-state index is 12.8. The number of likely N-dealkylation sites (tertiary alicyclic amines) is 1. The van der Waals surface area contributed by atoms with Gasteiger partial charge in [-0.15, -0.1) is 0 Å². The second-order valence-corrected chi connectivity index (χ2v) is 6.45. The van der Waals surface area contributed by atoms with Crippen LogP contribution in [-0.2, 0) is 22.7 Å². The Hall–Kier alpha value is -2.64. The first-order valence-electron chi connectivity index (χ1n) is 9.19. The molecule has 3 heterocycles. The number of hydrogen-bond acceptors (Lipinski definition) is 4. The molecule has 0 unspecified atom stereocenters. The van der Waals surface area contributed by atoms with Crippen LogP contribution in [0.1, 0.15) is 38.6 Å². The number of carbonyl (C=O) groups excluding carboxylic acids is 2. The Balaban J connectivity index is 1.65. The van der Waals surface area contributed by atoms with E-state index in [4.69, 9.17) is 0 Å². The summed E-state index contributed by atoms with van der Waals surface area (Å²) in [4.78, 5) is 35.4. The lowest BCUT2D eigenvalue weighted by molar-refractivity contribution is -0.129. The topological polar surface area (TPSA) is 85.1 Å². The summed E-state index contributed by atoms with van der Waals surface area (Å²) in [6.45, 7) is 6.68. The molecule has 8 nitrogen and oxygen atoms in total. The Morgan fingerprint density at radius 1 is 1.27 bits per heavy atom. The van der Waals surface area contributed by atoms with Crippen molar-refractivity contribution in [2.24, 2.45) is 5.92 Å². The summed E-state index contributed by atoms with van der Waals surface area (Å²) in [6.07, 6.45) is 10.1. The van der Waals surface area contributed by atoms with Crippen molar-refractivity contribution in [3.8, 4) is 0 Å². The molecule has 0 bridgehead atoms. The summed E-state index contributed by atoms with van der Waals surface area (Å²) < 4.78 is 3.98. The molecule has 1 aliphatic heterocycles. The van der Waals surface area contributed by atoms with Gasteiger partial charge in [-0.2, -0.15) is 0 Å². The molecule has 0 saturated carbocycles. The van der Waals surface area contributed by atoms with E-state index in [0.29, 0.717) is 13.1 Å². The van der Waals surface area contributed by atoms with Gasteiger partial charge in [0.25, 0.3) is 0 Å². The number of nitrogens with one attached hydrogen (secondary N) is 1. The number of rotatable bonds is 8. The SMILES string of the molecule is CCN1C(=O)C[C@H](C(=O)NCCCn2ccnc2)[C@H]1c1nccn1CC. The smallest absolute Gasteiger partial charge is 0.226 e. The molecule has 140 valence electrons. The molecular formula is C18H26N6O2. The highest BCUT2D eigenvalue weighted by molar-refractivity contribution is 5.90. The summed E-state index contributed by atoms with van der Waals surface area (Å²) in [7, 11) is 0. The van der Waals surface area contributed by atoms with E-state index in [9.17, 15) is 9.59 Å². The Labute approximate surface area is 153 Å². The fourth-order valence-corrected chi connectivity index (χ4v) is 3.60. The molecule has 1 fully saturated rings. The predicted molar refractivity (Wildman–Crippen MR) is 96.0 cm³/mol. The second kappa shape index (κ2) is 8.16. The van der Waals surface area contributed by atoms with Crippen molar-refractivity contribution in [1.29, 1.82) is 0 Å². The van der Waals surface area contributed by atoms with Crippen LogP contribution in [0.4, 0.5) is 0 Å². The molecule has 0 radical (unpaired) electrons. The van der Waals surface area contributed by atoms with Gasteiger partial charge < -0.3 is 19.4 Å². The van der Waals surface area contributed by atoms with Gasteiger partial charge in [0.1, 0.15) is 11.9 Å². The number of imidazole rings is 2. The van der Waals surface area contributed by atoms with Gasteiger partial charge in [0, 0.05) is 57.4 Å². The molecule has 2 amide bonds. The minimum Gasteiger partial charge on any atom is -0.356 e. The van der Waals surface area contributed by atoms with Crippen molar-refractivity contribution in [2.45, 2.75) is 45.8 Å². The van der Waals surface area contributed by atoms with E-state index < -0.39 is 5.92 Å². The molecule has 2 aromatic heterocycles. The summed E-state index contributed by atoms with van der Waals surface area (Å²) in [5.41, 5.74) is 0. The molecule has 26 heavy (non-hydrogen) atoms. The van der Waals surface area contributed by atoms with Crippen LogP contribution in [0.2, 0.25) is 0 Å². The van der Waals surface area contributed by atoms with E-state index >= 15 is 0 Å². The van der Waals surface area contributed by atoms with Gasteiger partial charge >= 0.3 is 0 Å². The average molecular weight is 358 g/mol. The summed E-state index contributed by atoms with van der Waals surface area (Å²) in [6, 6.07) is -0.295. The number of nitrogens with zero attached hydrogens (tertiary/aromatic N) is 5. The van der Waals surface area contributed by atoms with Gasteiger partial charge in [-0.05, 0) is 20.3 Å². The van der Waals surface area contributed by atoms with Gasteiger partial charge in [-0.25, -0.2) is 9.97 Å². The van der Waals surface area contributed by atoms with Crippen molar-refractivity contribution < 1.29 is 9.59 Å². The van der Waals surface area contributed by atoms with Gasteiger partial charge in [0.05, 0.1) is 12.2 Å². The first kappa shape index (κ1) is 18.2. The molecule has 0 aliphatic carbocycles. The van der Waals surface area contributed by atoms with Crippen LogP contribution in [0.25, 0.3) is 0 Å². The lowest BCUT2D eigenvalue weighted by Gasteiger charge is -2.26. The first-order valence-corrected chi connectivity index (χ1v) is 9.19. The van der Waals surface area contributed by atoms with Crippen molar-refractivity contribution in [3.63, 3.8) is 0 Å². The van der Waals surface area contributed by atoms with Crippen molar-refractivity contribution in [2.75, 3.05) is 13.1 Å². The Bertz CT molecular complexity index is 739. The van der Waals surface area contributed by atoms with Crippen LogP contribution in [-0.4, -0.2) is 48.9 Å². The molecule has 1 N–H and O–H groups in total. The van der Waals surface area contributed by atoms with E-state index in [-0.39, 0.29) is 24.3 Å². The van der Waals surface area contributed by atoms with E-state index in [2.05, 4.69) is 15.3 Å². The Kier molecular flexibility index (Phi) is 5.70. The molecule has 1 aliphatic rings. The minimum atomic E-state index is -0.400. The molecular weight excluding hydrogens is 332 g/mol. The van der Waals surface area contributed by atoms with E-state index in [1.165, 1.54) is 0 Å². The zero-order valence-electron chi connectivity index (χ0n) is 15.3. The molecule has 0 aromatic carbocycles. The third kappa shape index (κ3) is 3.63. The Morgan fingerprint density at radius 2 is 2.12 bits per heavy atom. The van der Waals surface area contributed by atoms with Crippen LogP contribution < -0.4 is 5.32 Å². The lowest BCUT2D eigenvalue weighted by Crippen LogP contribution is -2.37. The molecule has 3 rings (SSSR count). The quantitative estimate of drug-likeness (QED) is 0.719. The predicted octanol–water partition coefficient (Wildman–Crippen LogP) is 1.22. The lowest BCUT2D eigenvalue weighted by atomic mass is 9.98. The third-order valence-corrected chi connectivity index (χ3v) is 4.91. The molecule has 0 spiro atoms. The number of carbonyl (C=O) groups is 2. The summed E-state index contributed by atoms with van der Waals surface area (Å²) >= 11 is 0. The fourth-order valence-electron chi connectivity index (χ4n) is 3.60. The number of aromatic nitrogens is 4.